The van der Waals surface area contributed by atoms with E-state index in [0.717, 1.165) is 29.8 Å². The molecule has 0 aliphatic heterocycles. The van der Waals surface area contributed by atoms with E-state index in [1.807, 2.05) is 18.2 Å². The standard InChI is InChI=1S/C14H18ClN3O2/c1-19-7-5-18(6-8-20-2)14-12-4-3-11(15)9-13(12)16-10-17-14/h3-4,9-10H,5-8H2,1-2H3. The number of rotatable bonds is 7. The SMILES string of the molecule is COCCN(CCOC)c1ncnc2cc(Cl)ccc12. The van der Waals surface area contributed by atoms with Crippen LogP contribution in [0.15, 0.2) is 24.5 Å². The number of ether oxygens (including phenoxy) is 2. The highest BCUT2D eigenvalue weighted by molar-refractivity contribution is 6.31. The molecule has 0 saturated heterocycles. The highest BCUT2D eigenvalue weighted by Crippen LogP contribution is 2.25. The Labute approximate surface area is 123 Å². The highest BCUT2D eigenvalue weighted by atomic mass is 35.5. The van der Waals surface area contributed by atoms with Crippen LogP contribution < -0.4 is 4.90 Å². The minimum Gasteiger partial charge on any atom is -0.383 e. The summed E-state index contributed by atoms with van der Waals surface area (Å²) in [6.07, 6.45) is 1.56. The lowest BCUT2D eigenvalue weighted by Gasteiger charge is -2.24. The number of benzene rings is 1. The van der Waals surface area contributed by atoms with Crippen LogP contribution in [0.2, 0.25) is 5.02 Å². The van der Waals surface area contributed by atoms with E-state index in [-0.39, 0.29) is 0 Å². The first-order valence-corrected chi connectivity index (χ1v) is 6.77. The summed E-state index contributed by atoms with van der Waals surface area (Å²) in [4.78, 5) is 10.8. The zero-order valence-corrected chi connectivity index (χ0v) is 12.4. The van der Waals surface area contributed by atoms with Crippen molar-refractivity contribution in [3.63, 3.8) is 0 Å². The number of methoxy groups -OCH3 is 2. The predicted molar refractivity (Wildman–Crippen MR) is 80.5 cm³/mol. The van der Waals surface area contributed by atoms with Gasteiger partial charge in [-0.15, -0.1) is 0 Å². The molecular formula is C14H18ClN3O2. The van der Waals surface area contributed by atoms with Crippen molar-refractivity contribution in [2.45, 2.75) is 0 Å². The summed E-state index contributed by atoms with van der Waals surface area (Å²) in [5, 5.41) is 1.64. The molecule has 1 aromatic heterocycles. The summed E-state index contributed by atoms with van der Waals surface area (Å²) in [5.41, 5.74) is 0.835. The van der Waals surface area contributed by atoms with Crippen molar-refractivity contribution < 1.29 is 9.47 Å². The lowest BCUT2D eigenvalue weighted by molar-refractivity contribution is 0.190. The molecule has 2 aromatic rings. The van der Waals surface area contributed by atoms with Gasteiger partial charge in [0.05, 0.1) is 18.7 Å². The van der Waals surface area contributed by atoms with Gasteiger partial charge in [-0.3, -0.25) is 0 Å². The van der Waals surface area contributed by atoms with Gasteiger partial charge in [0.25, 0.3) is 0 Å². The third-order valence-electron chi connectivity index (χ3n) is 3.01. The second-order valence-electron chi connectivity index (χ2n) is 4.33. The summed E-state index contributed by atoms with van der Waals surface area (Å²) in [6, 6.07) is 5.63. The minimum atomic E-state index is 0.628. The summed E-state index contributed by atoms with van der Waals surface area (Å²) in [7, 11) is 3.37. The molecule has 0 saturated carbocycles. The molecule has 0 unspecified atom stereocenters. The van der Waals surface area contributed by atoms with Gasteiger partial charge in [-0.25, -0.2) is 9.97 Å². The molecule has 20 heavy (non-hydrogen) atoms. The molecule has 6 heteroatoms. The quantitative estimate of drug-likeness (QED) is 0.785. The molecule has 5 nitrogen and oxygen atoms in total. The minimum absolute atomic E-state index is 0.628. The molecule has 0 aliphatic carbocycles. The van der Waals surface area contributed by atoms with Gasteiger partial charge in [0.2, 0.25) is 0 Å². The fraction of sp³-hybridized carbons (Fsp3) is 0.429. The van der Waals surface area contributed by atoms with Crippen molar-refractivity contribution in [2.24, 2.45) is 0 Å². The van der Waals surface area contributed by atoms with Crippen LogP contribution in [-0.2, 0) is 9.47 Å². The fourth-order valence-corrected chi connectivity index (χ4v) is 2.16. The predicted octanol–water partition coefficient (Wildman–Crippen LogP) is 2.38. The van der Waals surface area contributed by atoms with E-state index in [2.05, 4.69) is 14.9 Å². The number of nitrogens with zero attached hydrogens (tertiary/aromatic N) is 3. The van der Waals surface area contributed by atoms with Crippen LogP contribution in [0.1, 0.15) is 0 Å². The van der Waals surface area contributed by atoms with E-state index in [9.17, 15) is 0 Å². The molecule has 2 rings (SSSR count). The molecule has 0 N–H and O–H groups in total. The summed E-state index contributed by atoms with van der Waals surface area (Å²) in [6.45, 7) is 2.74. The van der Waals surface area contributed by atoms with Crippen molar-refractivity contribution in [3.8, 4) is 0 Å². The van der Waals surface area contributed by atoms with Crippen molar-refractivity contribution in [1.82, 2.24) is 9.97 Å². The van der Waals surface area contributed by atoms with E-state index < -0.39 is 0 Å². The van der Waals surface area contributed by atoms with Gasteiger partial charge in [0.15, 0.2) is 0 Å². The van der Waals surface area contributed by atoms with Crippen molar-refractivity contribution >= 4 is 28.3 Å². The van der Waals surface area contributed by atoms with Gasteiger partial charge in [0.1, 0.15) is 12.1 Å². The van der Waals surface area contributed by atoms with Crippen LogP contribution in [0.25, 0.3) is 10.9 Å². The third-order valence-corrected chi connectivity index (χ3v) is 3.24. The number of anilines is 1. The molecule has 1 heterocycles. The van der Waals surface area contributed by atoms with E-state index in [4.69, 9.17) is 21.1 Å². The van der Waals surface area contributed by atoms with Crippen LogP contribution in [0.3, 0.4) is 0 Å². The molecule has 0 radical (unpaired) electrons. The number of aromatic nitrogens is 2. The third kappa shape index (κ3) is 3.56. The molecular weight excluding hydrogens is 278 g/mol. The first-order chi connectivity index (χ1) is 9.76. The molecule has 1 aromatic carbocycles. The lowest BCUT2D eigenvalue weighted by Crippen LogP contribution is -2.31. The molecule has 0 amide bonds. The first-order valence-electron chi connectivity index (χ1n) is 6.39. The van der Waals surface area contributed by atoms with Gasteiger partial charge in [-0.1, -0.05) is 11.6 Å². The van der Waals surface area contributed by atoms with Crippen LogP contribution >= 0.6 is 11.6 Å². The maximum Gasteiger partial charge on any atom is 0.140 e. The normalized spacial score (nSPS) is 10.9. The Morgan fingerprint density at radius 1 is 1.10 bits per heavy atom. The maximum atomic E-state index is 6.00. The van der Waals surface area contributed by atoms with Crippen LogP contribution in [-0.4, -0.2) is 50.5 Å². The van der Waals surface area contributed by atoms with E-state index >= 15 is 0 Å². The average molecular weight is 296 g/mol. The first kappa shape index (κ1) is 15.0. The highest BCUT2D eigenvalue weighted by Gasteiger charge is 2.12. The van der Waals surface area contributed by atoms with Crippen molar-refractivity contribution in [1.29, 1.82) is 0 Å². The van der Waals surface area contributed by atoms with Gasteiger partial charge in [0, 0.05) is 37.7 Å². The molecule has 0 fully saturated rings. The molecule has 0 aliphatic rings. The van der Waals surface area contributed by atoms with Gasteiger partial charge < -0.3 is 14.4 Å². The molecule has 108 valence electrons. The number of hydrogen-bond donors (Lipinski definition) is 0. The molecule has 0 bridgehead atoms. The Morgan fingerprint density at radius 2 is 1.80 bits per heavy atom. The Morgan fingerprint density at radius 3 is 2.45 bits per heavy atom. The van der Waals surface area contributed by atoms with Crippen LogP contribution in [0.4, 0.5) is 5.82 Å². The Hall–Kier alpha value is -1.43. The number of fused-ring (bicyclic) bond motifs is 1. The molecule has 0 spiro atoms. The monoisotopic (exact) mass is 295 g/mol. The largest absolute Gasteiger partial charge is 0.383 e. The van der Waals surface area contributed by atoms with E-state index in [0.29, 0.717) is 18.2 Å². The van der Waals surface area contributed by atoms with Gasteiger partial charge >= 0.3 is 0 Å². The maximum absolute atomic E-state index is 6.00. The average Bonchev–Trinajstić information content (AvgIpc) is 2.47. The zero-order chi connectivity index (χ0) is 14.4. The molecule has 0 atom stereocenters. The van der Waals surface area contributed by atoms with Gasteiger partial charge in [-0.2, -0.15) is 0 Å². The van der Waals surface area contributed by atoms with E-state index in [1.165, 1.54) is 0 Å². The zero-order valence-electron chi connectivity index (χ0n) is 11.7. The smallest absolute Gasteiger partial charge is 0.140 e. The number of hydrogen-bond acceptors (Lipinski definition) is 5. The topological polar surface area (TPSA) is 47.5 Å². The Kier molecular flexibility index (Phi) is 5.52. The van der Waals surface area contributed by atoms with Crippen molar-refractivity contribution in [3.05, 3.63) is 29.5 Å². The Balaban J connectivity index is 2.35. The van der Waals surface area contributed by atoms with Crippen molar-refractivity contribution in [2.75, 3.05) is 45.4 Å². The van der Waals surface area contributed by atoms with Gasteiger partial charge in [-0.05, 0) is 18.2 Å². The summed E-state index contributed by atoms with van der Waals surface area (Å²) >= 11 is 6.00. The lowest BCUT2D eigenvalue weighted by atomic mass is 10.2. The number of halogens is 1. The Bertz CT molecular complexity index is 557. The fourth-order valence-electron chi connectivity index (χ4n) is 1.99. The van der Waals surface area contributed by atoms with Crippen LogP contribution in [0.5, 0.6) is 0 Å². The van der Waals surface area contributed by atoms with E-state index in [1.54, 1.807) is 20.5 Å². The summed E-state index contributed by atoms with van der Waals surface area (Å²) < 4.78 is 10.3. The van der Waals surface area contributed by atoms with Crippen LogP contribution in [0, 0.1) is 0 Å². The summed E-state index contributed by atoms with van der Waals surface area (Å²) in [5.74, 6) is 0.876. The second kappa shape index (κ2) is 7.38. The second-order valence-corrected chi connectivity index (χ2v) is 4.77.